The maximum Gasteiger partial charge on any atom is 0.316 e. The Kier molecular flexibility index (Phi) is 15.3. The monoisotopic (exact) mass is 515 g/mol. The van der Waals surface area contributed by atoms with E-state index in [9.17, 15) is 4.79 Å². The summed E-state index contributed by atoms with van der Waals surface area (Å²) >= 11 is 6.50. The maximum atomic E-state index is 12.8. The molecule has 1 heterocycles. The van der Waals surface area contributed by atoms with Crippen LogP contribution in [0.1, 0.15) is 126 Å². The van der Waals surface area contributed by atoms with E-state index in [-0.39, 0.29) is 11.9 Å². The molecule has 1 aromatic carbocycles. The number of pyridine rings is 1. The number of halogens is 1. The maximum absolute atomic E-state index is 12.8. The Morgan fingerprint density at radius 2 is 1.53 bits per heavy atom. The van der Waals surface area contributed by atoms with Crippen molar-refractivity contribution in [2.75, 3.05) is 6.61 Å². The zero-order chi connectivity index (χ0) is 26.0. The molecule has 1 unspecified atom stereocenters. The van der Waals surface area contributed by atoms with Crippen LogP contribution in [0.4, 0.5) is 0 Å². The third kappa shape index (κ3) is 11.3. The van der Waals surface area contributed by atoms with E-state index < -0.39 is 0 Å². The number of carbonyl (C=O) groups excluding carboxylic acids is 1. The lowest BCUT2D eigenvalue weighted by Crippen LogP contribution is -2.43. The van der Waals surface area contributed by atoms with Gasteiger partial charge in [-0.1, -0.05) is 102 Å². The molecule has 1 N–H and O–H groups in total. The Bertz CT molecular complexity index is 887. The molecule has 36 heavy (non-hydrogen) atoms. The van der Waals surface area contributed by atoms with Gasteiger partial charge in [-0.25, -0.2) is 0 Å². The summed E-state index contributed by atoms with van der Waals surface area (Å²) in [5.41, 5.74) is 1.63. The van der Waals surface area contributed by atoms with Crippen LogP contribution in [0.15, 0.2) is 42.6 Å². The van der Waals surface area contributed by atoms with Crippen molar-refractivity contribution in [3.63, 3.8) is 0 Å². The lowest BCUT2D eigenvalue weighted by molar-refractivity contribution is -0.698. The van der Waals surface area contributed by atoms with Crippen LogP contribution < -0.4 is 14.6 Å². The Hall–Kier alpha value is -2.07. The molecule has 0 radical (unpaired) electrons. The van der Waals surface area contributed by atoms with Crippen molar-refractivity contribution in [1.29, 1.82) is 0 Å². The van der Waals surface area contributed by atoms with Crippen LogP contribution in [0.5, 0.6) is 5.75 Å². The number of nitrogens with one attached hydrogen (secondary N) is 1. The molecule has 0 saturated carbocycles. The van der Waals surface area contributed by atoms with Crippen LogP contribution in [-0.2, 0) is 6.54 Å². The second-order valence-corrected chi connectivity index (χ2v) is 10.3. The van der Waals surface area contributed by atoms with E-state index in [2.05, 4.69) is 19.2 Å². The van der Waals surface area contributed by atoms with Gasteiger partial charge in [-0.05, 0) is 37.1 Å². The highest BCUT2D eigenvalue weighted by Gasteiger charge is 2.20. The van der Waals surface area contributed by atoms with Crippen molar-refractivity contribution < 1.29 is 14.1 Å². The van der Waals surface area contributed by atoms with Gasteiger partial charge in [0.25, 0.3) is 5.69 Å². The minimum atomic E-state index is -0.157. The Morgan fingerprint density at radius 3 is 2.14 bits per heavy atom. The fraction of sp³-hybridized carbons (Fsp3) is 0.613. The molecule has 0 spiro atoms. The van der Waals surface area contributed by atoms with Gasteiger partial charge in [0.15, 0.2) is 6.20 Å². The third-order valence-corrected chi connectivity index (χ3v) is 6.99. The number of carbonyl (C=O) groups is 1. The van der Waals surface area contributed by atoms with Gasteiger partial charge in [-0.2, -0.15) is 4.57 Å². The van der Waals surface area contributed by atoms with E-state index in [1.54, 1.807) is 0 Å². The summed E-state index contributed by atoms with van der Waals surface area (Å²) in [6.07, 6.45) is 18.9. The highest BCUT2D eigenvalue weighted by Crippen LogP contribution is 2.28. The van der Waals surface area contributed by atoms with Crippen molar-refractivity contribution >= 4 is 17.5 Å². The topological polar surface area (TPSA) is 42.2 Å². The molecule has 0 bridgehead atoms. The normalized spacial score (nSPS) is 11.9. The number of nitrogens with zero attached hydrogens (tertiary/aromatic N) is 1. The first-order chi connectivity index (χ1) is 17.6. The number of aryl methyl sites for hydroxylation is 1. The highest BCUT2D eigenvalue weighted by atomic mass is 35.5. The van der Waals surface area contributed by atoms with Gasteiger partial charge >= 0.3 is 5.91 Å². The summed E-state index contributed by atoms with van der Waals surface area (Å²) in [6.45, 7) is 7.86. The Balaban J connectivity index is 1.65. The van der Waals surface area contributed by atoms with E-state index in [1.807, 2.05) is 54.1 Å². The number of ether oxygens (including phenoxy) is 1. The smallest absolute Gasteiger partial charge is 0.316 e. The zero-order valence-corrected chi connectivity index (χ0v) is 23.6. The molecular formula is C31H48ClN2O2+. The summed E-state index contributed by atoms with van der Waals surface area (Å²) in [7, 11) is 0. The van der Waals surface area contributed by atoms with Crippen molar-refractivity contribution in [2.45, 2.75) is 117 Å². The number of hydrogen-bond donors (Lipinski definition) is 1. The predicted octanol–water partition coefficient (Wildman–Crippen LogP) is 8.61. The van der Waals surface area contributed by atoms with Gasteiger partial charge in [0.05, 0.1) is 17.7 Å². The largest absolute Gasteiger partial charge is 0.492 e. The number of amides is 1. The lowest BCUT2D eigenvalue weighted by atomic mass is 10.1. The fourth-order valence-corrected chi connectivity index (χ4v) is 4.74. The van der Waals surface area contributed by atoms with Crippen molar-refractivity contribution in [3.8, 4) is 5.75 Å². The molecule has 0 fully saturated rings. The molecule has 0 saturated heterocycles. The second-order valence-electron chi connectivity index (χ2n) is 9.90. The van der Waals surface area contributed by atoms with Crippen LogP contribution in [0.25, 0.3) is 0 Å². The summed E-state index contributed by atoms with van der Waals surface area (Å²) in [5, 5.41) is 3.69. The summed E-state index contributed by atoms with van der Waals surface area (Å²) in [6, 6.07) is 11.3. The quantitative estimate of drug-likeness (QED) is 0.150. The van der Waals surface area contributed by atoms with Gasteiger partial charge in [0.1, 0.15) is 12.3 Å². The van der Waals surface area contributed by atoms with E-state index in [0.717, 1.165) is 24.9 Å². The van der Waals surface area contributed by atoms with Gasteiger partial charge in [-0.15, -0.1) is 0 Å². The fourth-order valence-electron chi connectivity index (χ4n) is 4.50. The number of benzene rings is 1. The first kappa shape index (κ1) is 30.2. The van der Waals surface area contributed by atoms with E-state index in [1.165, 1.54) is 70.6 Å². The van der Waals surface area contributed by atoms with Gasteiger partial charge in [0.2, 0.25) is 0 Å². The molecule has 5 heteroatoms. The van der Waals surface area contributed by atoms with Crippen molar-refractivity contribution in [1.82, 2.24) is 5.32 Å². The summed E-state index contributed by atoms with van der Waals surface area (Å²) in [5.74, 6) is 0.630. The molecular weight excluding hydrogens is 468 g/mol. The minimum Gasteiger partial charge on any atom is -0.492 e. The van der Waals surface area contributed by atoms with Crippen LogP contribution in [0.2, 0.25) is 5.02 Å². The van der Waals surface area contributed by atoms with Crippen molar-refractivity contribution in [3.05, 3.63) is 58.9 Å². The second kappa shape index (κ2) is 18.2. The van der Waals surface area contributed by atoms with E-state index in [0.29, 0.717) is 23.1 Å². The Morgan fingerprint density at radius 1 is 0.889 bits per heavy atom. The molecule has 2 rings (SSSR count). The predicted molar refractivity (Wildman–Crippen MR) is 151 cm³/mol. The Labute approximate surface area is 224 Å². The van der Waals surface area contributed by atoms with E-state index in [4.69, 9.17) is 16.3 Å². The van der Waals surface area contributed by atoms with Crippen LogP contribution in [0, 0.1) is 0 Å². The molecule has 4 nitrogen and oxygen atoms in total. The van der Waals surface area contributed by atoms with Crippen molar-refractivity contribution in [2.24, 2.45) is 0 Å². The first-order valence-corrected chi connectivity index (χ1v) is 14.7. The lowest BCUT2D eigenvalue weighted by Gasteiger charge is -2.16. The summed E-state index contributed by atoms with van der Waals surface area (Å²) < 4.78 is 7.92. The van der Waals surface area contributed by atoms with Gasteiger partial charge in [0, 0.05) is 18.6 Å². The SMILES string of the molecule is CCCCCCCCCCCCCCOc1ccc(C(C)NC(=O)c2cccc[n+]2CCC)cc1Cl. The van der Waals surface area contributed by atoms with Gasteiger partial charge in [-0.3, -0.25) is 4.79 Å². The van der Waals surface area contributed by atoms with Crippen LogP contribution in [0.3, 0.4) is 0 Å². The molecule has 1 aromatic heterocycles. The molecule has 200 valence electrons. The standard InChI is InChI=1S/C31H47ClN2O2/c1-4-6-7-8-9-10-11-12-13-14-15-18-24-36-30-21-20-27(25-28(30)32)26(3)33-31(35)29-19-16-17-23-34(29)22-5-2/h16-17,19-21,23,25-26H,4-15,18,22,24H2,1-3H3/p+1. The molecule has 0 aliphatic carbocycles. The first-order valence-electron chi connectivity index (χ1n) is 14.3. The summed E-state index contributed by atoms with van der Waals surface area (Å²) in [4.78, 5) is 12.8. The molecule has 1 amide bonds. The number of rotatable bonds is 19. The van der Waals surface area contributed by atoms with Gasteiger partial charge < -0.3 is 10.1 Å². The average molecular weight is 516 g/mol. The average Bonchev–Trinajstić information content (AvgIpc) is 2.88. The molecule has 2 aromatic rings. The van der Waals surface area contributed by atoms with Crippen LogP contribution in [-0.4, -0.2) is 12.5 Å². The van der Waals surface area contributed by atoms with E-state index >= 15 is 0 Å². The molecule has 0 aliphatic heterocycles. The highest BCUT2D eigenvalue weighted by molar-refractivity contribution is 6.32. The number of unbranched alkanes of at least 4 members (excludes halogenated alkanes) is 11. The molecule has 0 aliphatic rings. The number of aromatic nitrogens is 1. The third-order valence-electron chi connectivity index (χ3n) is 6.70. The molecule has 1 atom stereocenters. The van der Waals surface area contributed by atoms with Crippen LogP contribution >= 0.6 is 11.6 Å². The minimum absolute atomic E-state index is 0.0834. The number of hydrogen-bond acceptors (Lipinski definition) is 2. The zero-order valence-electron chi connectivity index (χ0n) is 22.9.